The number of esters is 1. The van der Waals surface area contributed by atoms with Gasteiger partial charge in [-0.3, -0.25) is 9.59 Å². The van der Waals surface area contributed by atoms with Gasteiger partial charge in [0, 0.05) is 27.4 Å². The maximum Gasteiger partial charge on any atom is 0.306 e. The van der Waals surface area contributed by atoms with Gasteiger partial charge < -0.3 is 4.74 Å². The van der Waals surface area contributed by atoms with Crippen molar-refractivity contribution >= 4 is 11.8 Å². The Morgan fingerprint density at radius 1 is 0.970 bits per heavy atom. The van der Waals surface area contributed by atoms with E-state index in [-0.39, 0.29) is 17.8 Å². The van der Waals surface area contributed by atoms with Gasteiger partial charge in [-0.2, -0.15) is 0 Å². The van der Waals surface area contributed by atoms with Crippen LogP contribution in [0.25, 0.3) is 0 Å². The fourth-order valence-corrected chi connectivity index (χ4v) is 8.15. The van der Waals surface area contributed by atoms with Crippen LogP contribution in [-0.4, -0.2) is 17.8 Å². The molecule has 1 unspecified atom stereocenters. The first-order chi connectivity index (χ1) is 17.0. The van der Waals surface area contributed by atoms with Gasteiger partial charge in [0.1, 0.15) is 11.9 Å². The highest BCUT2D eigenvalue weighted by atomic mass is 16.5. The van der Waals surface area contributed by atoms with Crippen molar-refractivity contribution in [1.29, 1.82) is 0 Å². The fraction of sp³-hybridized carbons (Fsp3) is 0.933. The predicted octanol–water partition coefficient (Wildman–Crippen LogP) is 8.04. The molecule has 0 N–H and O–H groups in total. The van der Waals surface area contributed by atoms with E-state index in [1.165, 1.54) is 32.1 Å². The molecule has 0 amide bonds. The minimum atomic E-state index is -1.85. The maximum atomic E-state index is 12.9. The summed E-state index contributed by atoms with van der Waals surface area (Å²) in [5.74, 6) is 1.34. The normalized spacial score (nSPS) is 45.2. The smallest absolute Gasteiger partial charge is 0.306 e. The molecule has 33 heavy (non-hydrogen) atoms. The Morgan fingerprint density at radius 2 is 1.67 bits per heavy atom. The van der Waals surface area contributed by atoms with Crippen LogP contribution in [0.5, 0.6) is 0 Å². The van der Waals surface area contributed by atoms with E-state index in [0.29, 0.717) is 42.8 Å². The lowest BCUT2D eigenvalue weighted by Gasteiger charge is -2.60. The summed E-state index contributed by atoms with van der Waals surface area (Å²) in [6.07, 6.45) is 12.1. The summed E-state index contributed by atoms with van der Waals surface area (Å²) in [7, 11) is 0. The first-order valence-corrected chi connectivity index (χ1v) is 14.2. The van der Waals surface area contributed by atoms with E-state index >= 15 is 0 Å². The Balaban J connectivity index is 1.39. The summed E-state index contributed by atoms with van der Waals surface area (Å²) in [5.41, 5.74) is -0.522. The number of unbranched alkanes of at least 4 members (excludes halogenated alkanes) is 7. The molecule has 0 aromatic heterocycles. The van der Waals surface area contributed by atoms with E-state index in [0.717, 1.165) is 51.4 Å². The van der Waals surface area contributed by atoms with Crippen LogP contribution in [-0.2, 0) is 14.3 Å². The number of hydrogen-bond donors (Lipinski definition) is 0. The van der Waals surface area contributed by atoms with E-state index in [1.807, 2.05) is 6.92 Å². The molecule has 0 radical (unpaired) electrons. The van der Waals surface area contributed by atoms with Crippen molar-refractivity contribution in [3.8, 4) is 0 Å². The van der Waals surface area contributed by atoms with E-state index in [4.69, 9.17) is 7.48 Å². The van der Waals surface area contributed by atoms with E-state index < -0.39 is 23.8 Å². The monoisotopic (exact) mass is 461 g/mol. The molecule has 0 aromatic rings. The van der Waals surface area contributed by atoms with Gasteiger partial charge in [-0.25, -0.2) is 0 Å². The lowest BCUT2D eigenvalue weighted by molar-refractivity contribution is -0.164. The van der Waals surface area contributed by atoms with E-state index in [1.54, 1.807) is 0 Å². The summed E-state index contributed by atoms with van der Waals surface area (Å²) >= 11 is 0. The number of ether oxygens (including phenoxy) is 1. The average Bonchev–Trinajstić information content (AvgIpc) is 2.98. The van der Waals surface area contributed by atoms with Crippen LogP contribution in [0.15, 0.2) is 0 Å². The number of carbonyl (C=O) groups is 2. The maximum absolute atomic E-state index is 12.9. The molecular formula is C30H50O3. The summed E-state index contributed by atoms with van der Waals surface area (Å²) in [6.45, 7) is 6.63. The van der Waals surface area contributed by atoms with Crippen LogP contribution in [0, 0.1) is 34.5 Å². The van der Waals surface area contributed by atoms with Crippen molar-refractivity contribution in [1.82, 2.24) is 0 Å². The molecule has 4 saturated carbocycles. The molecule has 0 aromatic carbocycles. The fourth-order valence-electron chi connectivity index (χ4n) is 8.15. The quantitative estimate of drug-likeness (QED) is 0.244. The zero-order valence-electron chi connectivity index (χ0n) is 24.6. The molecule has 7 atom stereocenters. The molecule has 3 nitrogen and oxygen atoms in total. The van der Waals surface area contributed by atoms with E-state index in [9.17, 15) is 11.0 Å². The van der Waals surface area contributed by atoms with E-state index in [2.05, 4.69) is 13.8 Å². The van der Waals surface area contributed by atoms with Crippen molar-refractivity contribution in [2.75, 3.05) is 0 Å². The number of carbonyl (C=O) groups excluding carboxylic acids is 2. The lowest BCUT2D eigenvalue weighted by Crippen LogP contribution is -2.54. The largest absolute Gasteiger partial charge is 0.462 e. The number of hydrogen-bond acceptors (Lipinski definition) is 3. The molecule has 188 valence electrons. The van der Waals surface area contributed by atoms with Gasteiger partial charge in [-0.05, 0) is 80.4 Å². The standard InChI is InChI=1S/C30H50O3/c1-4-5-6-7-8-9-10-11-12-28(32)33-27-16-15-25-24-14-13-22-21-23(31)17-19-29(22,2)26(24)18-20-30(25,27)3/h22,24-27H,4-21H2,1-3H3/t22-,24-,25-,26-,27-,29-,30?/m0/s1/i16D2,27D. The highest BCUT2D eigenvalue weighted by Gasteiger charge is 2.61. The summed E-state index contributed by atoms with van der Waals surface area (Å²) in [6, 6.07) is 0. The number of rotatable bonds is 10. The molecule has 0 spiro atoms. The Hall–Kier alpha value is -0.860. The first kappa shape index (κ1) is 21.4. The van der Waals surface area contributed by atoms with Crippen molar-refractivity contribution < 1.29 is 18.4 Å². The van der Waals surface area contributed by atoms with Gasteiger partial charge in [0.25, 0.3) is 0 Å². The van der Waals surface area contributed by atoms with Crippen LogP contribution < -0.4 is 0 Å². The number of Topliss-reactive ketones (excluding diaryl/α,β-unsaturated/α-hetero) is 1. The lowest BCUT2D eigenvalue weighted by atomic mass is 9.45. The van der Waals surface area contributed by atoms with Gasteiger partial charge in [0.15, 0.2) is 0 Å². The van der Waals surface area contributed by atoms with Crippen LogP contribution in [0.3, 0.4) is 0 Å². The molecule has 4 aliphatic carbocycles. The molecule has 4 fully saturated rings. The minimum Gasteiger partial charge on any atom is -0.462 e. The number of fused-ring (bicyclic) bond motifs is 5. The molecule has 4 rings (SSSR count). The third kappa shape index (κ3) is 5.22. The Bertz CT molecular complexity index is 815. The molecule has 0 saturated heterocycles. The van der Waals surface area contributed by atoms with Crippen molar-refractivity contribution in [2.45, 2.75) is 142 Å². The summed E-state index contributed by atoms with van der Waals surface area (Å²) in [5, 5.41) is 0. The SMILES string of the molecule is [2H]C1([2H])C[C@H]2[C@@H]3CC[C@H]4CC(=O)CC[C@]4(C)[C@H]3CCC2(C)[C@@]1([2H])OC(=O)CCCCCCCCCC. The second kappa shape index (κ2) is 10.8. The zero-order chi connectivity index (χ0) is 26.2. The summed E-state index contributed by atoms with van der Waals surface area (Å²) < 4.78 is 33.0. The zero-order valence-corrected chi connectivity index (χ0v) is 21.6. The van der Waals surface area contributed by atoms with Crippen LogP contribution in [0.4, 0.5) is 0 Å². The summed E-state index contributed by atoms with van der Waals surface area (Å²) in [4.78, 5) is 25.1. The molecule has 0 heterocycles. The molecule has 3 heteroatoms. The van der Waals surface area contributed by atoms with Crippen molar-refractivity contribution in [3.63, 3.8) is 0 Å². The van der Waals surface area contributed by atoms with Gasteiger partial charge in [-0.1, -0.05) is 65.7 Å². The van der Waals surface area contributed by atoms with Gasteiger partial charge in [0.2, 0.25) is 0 Å². The first-order valence-electron chi connectivity index (χ1n) is 15.7. The third-order valence-electron chi connectivity index (χ3n) is 10.3. The second-order valence-corrected chi connectivity index (χ2v) is 12.3. The number of ketones is 1. The molecular weight excluding hydrogens is 408 g/mol. The highest BCUT2D eigenvalue weighted by Crippen LogP contribution is 2.66. The average molecular weight is 462 g/mol. The van der Waals surface area contributed by atoms with Gasteiger partial charge in [-0.15, -0.1) is 0 Å². The van der Waals surface area contributed by atoms with Crippen LogP contribution in [0.1, 0.15) is 140 Å². The Morgan fingerprint density at radius 3 is 2.42 bits per heavy atom. The Labute approximate surface area is 207 Å². The van der Waals surface area contributed by atoms with Crippen molar-refractivity contribution in [3.05, 3.63) is 0 Å². The highest BCUT2D eigenvalue weighted by molar-refractivity contribution is 5.79. The molecule has 4 aliphatic rings. The topological polar surface area (TPSA) is 43.4 Å². The van der Waals surface area contributed by atoms with Crippen LogP contribution >= 0.6 is 0 Å². The van der Waals surface area contributed by atoms with Gasteiger partial charge in [0.05, 0.1) is 1.37 Å². The molecule has 0 aliphatic heterocycles. The molecule has 0 bridgehead atoms. The second-order valence-electron chi connectivity index (χ2n) is 12.3. The predicted molar refractivity (Wildman–Crippen MR) is 134 cm³/mol. The van der Waals surface area contributed by atoms with Crippen LogP contribution in [0.2, 0.25) is 0 Å². The van der Waals surface area contributed by atoms with Gasteiger partial charge >= 0.3 is 5.97 Å². The Kier molecular flexibility index (Phi) is 7.02. The van der Waals surface area contributed by atoms with Crippen molar-refractivity contribution in [2.24, 2.45) is 34.5 Å². The minimum absolute atomic E-state index is 0.0510. The third-order valence-corrected chi connectivity index (χ3v) is 10.3.